The molecule has 3 N–H and O–H groups in total. The van der Waals surface area contributed by atoms with Crippen LogP contribution in [0.3, 0.4) is 0 Å². The van der Waals surface area contributed by atoms with E-state index in [1.165, 1.54) is 0 Å². The van der Waals surface area contributed by atoms with E-state index in [1.54, 1.807) is 14.2 Å². The molecule has 2 amide bonds. The second kappa shape index (κ2) is 9.68. The Balaban J connectivity index is 2.48. The van der Waals surface area contributed by atoms with Crippen molar-refractivity contribution in [2.24, 2.45) is 0 Å². The average molecular weight is 324 g/mol. The Morgan fingerprint density at radius 2 is 1.78 bits per heavy atom. The predicted molar refractivity (Wildman–Crippen MR) is 86.7 cm³/mol. The van der Waals surface area contributed by atoms with Crippen LogP contribution >= 0.6 is 0 Å². The highest BCUT2D eigenvalue weighted by Crippen LogP contribution is 2.27. The molecule has 0 saturated carbocycles. The smallest absolute Gasteiger partial charge is 0.275 e. The van der Waals surface area contributed by atoms with E-state index in [0.29, 0.717) is 24.6 Å². The lowest BCUT2D eigenvalue weighted by atomic mass is 10.2. The van der Waals surface area contributed by atoms with Crippen LogP contribution in [0.25, 0.3) is 0 Å². The Hall–Kier alpha value is -2.28. The number of carbonyl (C=O) groups excluding carboxylic acids is 2. The highest BCUT2D eigenvalue weighted by molar-refractivity contribution is 5.84. The minimum atomic E-state index is -0.182. The van der Waals surface area contributed by atoms with Gasteiger partial charge in [-0.2, -0.15) is 0 Å². The summed E-state index contributed by atoms with van der Waals surface area (Å²) < 4.78 is 10.5. The number of benzene rings is 1. The second-order valence-corrected chi connectivity index (χ2v) is 5.23. The lowest BCUT2D eigenvalue weighted by Crippen LogP contribution is -3.08. The van der Waals surface area contributed by atoms with Crippen LogP contribution in [0.1, 0.15) is 12.5 Å². The molecular weight excluding hydrogens is 298 g/mol. The van der Waals surface area contributed by atoms with E-state index in [2.05, 4.69) is 10.6 Å². The van der Waals surface area contributed by atoms with Gasteiger partial charge in [-0.1, -0.05) is 0 Å². The zero-order valence-electron chi connectivity index (χ0n) is 14.2. The summed E-state index contributed by atoms with van der Waals surface area (Å²) in [4.78, 5) is 24.1. The summed E-state index contributed by atoms with van der Waals surface area (Å²) in [6.07, 6.45) is 0. The van der Waals surface area contributed by atoms with Gasteiger partial charge in [0.05, 0.1) is 27.8 Å². The van der Waals surface area contributed by atoms with Crippen LogP contribution in [0.4, 0.5) is 0 Å². The van der Waals surface area contributed by atoms with Crippen LogP contribution in [-0.2, 0) is 16.1 Å². The first-order valence-corrected chi connectivity index (χ1v) is 7.55. The molecule has 1 atom stereocenters. The molecule has 1 aromatic carbocycles. The second-order valence-electron chi connectivity index (χ2n) is 5.23. The lowest BCUT2D eigenvalue weighted by Gasteiger charge is -2.15. The number of likely N-dealkylation sites (N-methyl/N-ethyl adjacent to an activating group) is 2. The molecule has 0 aliphatic rings. The molecular formula is C16H26N3O4+. The topological polar surface area (TPSA) is 81.1 Å². The Morgan fingerprint density at radius 3 is 2.39 bits per heavy atom. The molecule has 0 aliphatic carbocycles. The number of carbonyl (C=O) groups is 2. The van der Waals surface area contributed by atoms with E-state index in [0.717, 1.165) is 10.5 Å². The standard InChI is InChI=1S/C16H25N3O4/c1-5-17-15(20)9-18-16(21)11-19(2)10-12-6-7-13(22-3)14(8-12)23-4/h6-8H,5,9-11H2,1-4H3,(H,17,20)(H,18,21)/p+1. The van der Waals surface area contributed by atoms with E-state index in [1.807, 2.05) is 32.2 Å². The molecule has 7 nitrogen and oxygen atoms in total. The average Bonchev–Trinajstić information content (AvgIpc) is 2.53. The molecule has 0 fully saturated rings. The highest BCUT2D eigenvalue weighted by Gasteiger charge is 2.13. The van der Waals surface area contributed by atoms with E-state index in [-0.39, 0.29) is 24.9 Å². The van der Waals surface area contributed by atoms with Gasteiger partial charge < -0.3 is 25.0 Å². The minimum Gasteiger partial charge on any atom is -0.493 e. The Morgan fingerprint density at radius 1 is 1.09 bits per heavy atom. The highest BCUT2D eigenvalue weighted by atomic mass is 16.5. The van der Waals surface area contributed by atoms with E-state index >= 15 is 0 Å². The van der Waals surface area contributed by atoms with Crippen LogP contribution < -0.4 is 25.0 Å². The maximum atomic E-state index is 11.8. The third-order valence-corrected chi connectivity index (χ3v) is 3.24. The molecule has 1 rings (SSSR count). The van der Waals surface area contributed by atoms with Crippen molar-refractivity contribution >= 4 is 11.8 Å². The van der Waals surface area contributed by atoms with Gasteiger partial charge >= 0.3 is 0 Å². The van der Waals surface area contributed by atoms with E-state index in [4.69, 9.17) is 9.47 Å². The van der Waals surface area contributed by atoms with Crippen molar-refractivity contribution < 1.29 is 24.0 Å². The molecule has 0 bridgehead atoms. The van der Waals surface area contributed by atoms with Crippen LogP contribution in [0.2, 0.25) is 0 Å². The zero-order valence-corrected chi connectivity index (χ0v) is 14.2. The molecule has 0 aliphatic heterocycles. The minimum absolute atomic E-state index is 0.0102. The number of methoxy groups -OCH3 is 2. The predicted octanol–water partition coefficient (Wildman–Crippen LogP) is -1.03. The first-order valence-electron chi connectivity index (χ1n) is 7.55. The summed E-state index contributed by atoms with van der Waals surface area (Å²) in [6, 6.07) is 5.68. The third-order valence-electron chi connectivity index (χ3n) is 3.24. The molecule has 23 heavy (non-hydrogen) atoms. The van der Waals surface area contributed by atoms with Crippen molar-refractivity contribution in [1.82, 2.24) is 10.6 Å². The third kappa shape index (κ3) is 6.56. The van der Waals surface area contributed by atoms with Gasteiger partial charge in [0.1, 0.15) is 6.54 Å². The zero-order chi connectivity index (χ0) is 17.2. The summed E-state index contributed by atoms with van der Waals surface area (Å²) in [6.45, 7) is 3.35. The number of hydrogen-bond donors (Lipinski definition) is 3. The summed E-state index contributed by atoms with van der Waals surface area (Å²) in [5.41, 5.74) is 1.04. The maximum Gasteiger partial charge on any atom is 0.275 e. The van der Waals surface area contributed by atoms with Gasteiger partial charge in [0.2, 0.25) is 5.91 Å². The quantitative estimate of drug-likeness (QED) is 0.543. The Kier molecular flexibility index (Phi) is 7.90. The first-order chi connectivity index (χ1) is 11.0. The molecule has 0 spiro atoms. The van der Waals surface area contributed by atoms with Crippen molar-refractivity contribution in [3.8, 4) is 11.5 Å². The van der Waals surface area contributed by atoms with Crippen molar-refractivity contribution in [3.63, 3.8) is 0 Å². The van der Waals surface area contributed by atoms with Gasteiger partial charge in [0.15, 0.2) is 18.0 Å². The monoisotopic (exact) mass is 324 g/mol. The molecule has 1 aromatic rings. The lowest BCUT2D eigenvalue weighted by molar-refractivity contribution is -0.885. The van der Waals surface area contributed by atoms with Crippen molar-refractivity contribution in [3.05, 3.63) is 23.8 Å². The molecule has 7 heteroatoms. The largest absolute Gasteiger partial charge is 0.493 e. The molecule has 1 unspecified atom stereocenters. The summed E-state index contributed by atoms with van der Waals surface area (Å²) in [5, 5.41) is 5.24. The van der Waals surface area contributed by atoms with Crippen molar-refractivity contribution in [1.29, 1.82) is 0 Å². The fraction of sp³-hybridized carbons (Fsp3) is 0.500. The van der Waals surface area contributed by atoms with Gasteiger partial charge in [-0.05, 0) is 25.1 Å². The van der Waals surface area contributed by atoms with E-state index in [9.17, 15) is 9.59 Å². The Bertz CT molecular complexity index is 534. The summed E-state index contributed by atoms with van der Waals surface area (Å²) in [5.74, 6) is 1.000. The van der Waals surface area contributed by atoms with Crippen LogP contribution in [-0.4, -0.2) is 52.7 Å². The van der Waals surface area contributed by atoms with Gasteiger partial charge in [-0.3, -0.25) is 9.59 Å². The van der Waals surface area contributed by atoms with Gasteiger partial charge in [0, 0.05) is 12.1 Å². The number of hydrogen-bond acceptors (Lipinski definition) is 4. The van der Waals surface area contributed by atoms with Crippen molar-refractivity contribution in [2.45, 2.75) is 13.5 Å². The molecule has 0 aromatic heterocycles. The maximum absolute atomic E-state index is 11.8. The fourth-order valence-corrected chi connectivity index (χ4v) is 2.18. The normalized spacial score (nSPS) is 11.5. The molecule has 0 saturated heterocycles. The molecule has 0 heterocycles. The Labute approximate surface area is 136 Å². The fourth-order valence-electron chi connectivity index (χ4n) is 2.18. The first kappa shape index (κ1) is 18.8. The summed E-state index contributed by atoms with van der Waals surface area (Å²) >= 11 is 0. The number of nitrogens with one attached hydrogen (secondary N) is 3. The number of quaternary nitrogens is 1. The molecule has 0 radical (unpaired) electrons. The van der Waals surface area contributed by atoms with Gasteiger partial charge in [-0.25, -0.2) is 0 Å². The number of amides is 2. The van der Waals surface area contributed by atoms with Gasteiger partial charge in [-0.15, -0.1) is 0 Å². The number of ether oxygens (including phenoxy) is 2. The molecule has 128 valence electrons. The summed E-state index contributed by atoms with van der Waals surface area (Å²) in [7, 11) is 5.10. The van der Waals surface area contributed by atoms with Crippen molar-refractivity contribution in [2.75, 3.05) is 40.9 Å². The van der Waals surface area contributed by atoms with Crippen LogP contribution in [0.15, 0.2) is 18.2 Å². The number of rotatable bonds is 9. The van der Waals surface area contributed by atoms with E-state index < -0.39 is 0 Å². The van der Waals surface area contributed by atoms with Crippen LogP contribution in [0.5, 0.6) is 11.5 Å². The SMILES string of the molecule is CCNC(=O)CNC(=O)C[NH+](C)Cc1ccc(OC)c(OC)c1. The van der Waals surface area contributed by atoms with Gasteiger partial charge in [0.25, 0.3) is 5.91 Å². The van der Waals surface area contributed by atoms with Crippen LogP contribution in [0, 0.1) is 0 Å².